The summed E-state index contributed by atoms with van der Waals surface area (Å²) >= 11 is 0. The van der Waals surface area contributed by atoms with Crippen molar-refractivity contribution in [1.82, 2.24) is 29.4 Å². The van der Waals surface area contributed by atoms with Crippen molar-refractivity contribution in [3.05, 3.63) is 72.7 Å². The normalized spacial score (nSPS) is 16.4. The average Bonchev–Trinajstić information content (AvgIpc) is 3.39. The lowest BCUT2D eigenvalue weighted by Crippen LogP contribution is -2.48. The van der Waals surface area contributed by atoms with Crippen LogP contribution in [0.2, 0.25) is 0 Å². The molecule has 1 aliphatic rings. The second kappa shape index (κ2) is 12.5. The van der Waals surface area contributed by atoms with Crippen LogP contribution in [-0.4, -0.2) is 81.2 Å². The number of nitrogens with one attached hydrogen (secondary N) is 2. The maximum Gasteiger partial charge on any atom is 0.240 e. The number of aliphatic hydroxyl groups excluding tert-OH is 1. The lowest BCUT2D eigenvalue weighted by atomic mass is 9.98. The summed E-state index contributed by atoms with van der Waals surface area (Å²) in [5.74, 6) is 0.605. The molecule has 11 nitrogen and oxygen atoms in total. The zero-order valence-corrected chi connectivity index (χ0v) is 26.5. The number of nitrogens with zero attached hydrogens (tertiary/aromatic N) is 5. The van der Waals surface area contributed by atoms with Crippen molar-refractivity contribution in [3.8, 4) is 11.3 Å². The van der Waals surface area contributed by atoms with E-state index >= 15 is 0 Å². The zero-order chi connectivity index (χ0) is 31.8. The summed E-state index contributed by atoms with van der Waals surface area (Å²) in [7, 11) is -3.69. The molecule has 2 aromatic carbocycles. The molecule has 0 bridgehead atoms. The Morgan fingerprint density at radius 2 is 1.84 bits per heavy atom. The lowest BCUT2D eigenvalue weighted by Gasteiger charge is -2.32. The summed E-state index contributed by atoms with van der Waals surface area (Å²) in [4.78, 5) is 11.6. The van der Waals surface area contributed by atoms with Crippen molar-refractivity contribution in [2.75, 3.05) is 31.6 Å². The van der Waals surface area contributed by atoms with Crippen LogP contribution in [0.15, 0.2) is 72.0 Å². The SMILES string of the molecule is Cc1c(-c2nccc3cnc(Nc4ccc(S(=O)(=O)NC5CCCN(CCO)C5)cc4)cc23)ccc2c1cnn2CC(C)(C)O. The highest BCUT2D eigenvalue weighted by Gasteiger charge is 2.25. The standard InChI is InChI=1S/C33H39N7O4S/c1-22-27(10-11-30-29(22)19-36-40(30)21-33(2,3)42)32-28-17-31(35-18-23(28)12-13-34-32)37-24-6-8-26(9-7-24)45(43,44)38-25-5-4-14-39(20-25)15-16-41/h6-13,17-19,25,38,41-42H,4-5,14-16,20-21H2,1-3H3,(H,35,37). The van der Waals surface area contributed by atoms with Gasteiger partial charge in [0.25, 0.3) is 0 Å². The van der Waals surface area contributed by atoms with Crippen LogP contribution >= 0.6 is 0 Å². The molecule has 4 heterocycles. The van der Waals surface area contributed by atoms with Gasteiger partial charge in [0.15, 0.2) is 0 Å². The van der Waals surface area contributed by atoms with Gasteiger partial charge in [-0.05, 0) is 88.2 Å². The summed E-state index contributed by atoms with van der Waals surface area (Å²) in [6.07, 6.45) is 7.06. The number of likely N-dealkylation sites (tertiary alicyclic amines) is 1. The predicted octanol–water partition coefficient (Wildman–Crippen LogP) is 4.20. The largest absolute Gasteiger partial charge is 0.395 e. The minimum Gasteiger partial charge on any atom is -0.395 e. The topological polar surface area (TPSA) is 146 Å². The number of piperidine rings is 1. The Labute approximate surface area is 263 Å². The first-order valence-corrected chi connectivity index (χ1v) is 16.6. The van der Waals surface area contributed by atoms with E-state index in [-0.39, 0.29) is 17.5 Å². The number of benzene rings is 2. The number of fused-ring (bicyclic) bond motifs is 2. The predicted molar refractivity (Wildman–Crippen MR) is 176 cm³/mol. The van der Waals surface area contributed by atoms with E-state index in [1.54, 1.807) is 50.5 Å². The summed E-state index contributed by atoms with van der Waals surface area (Å²) in [5.41, 5.74) is 3.61. The van der Waals surface area contributed by atoms with Gasteiger partial charge in [0.2, 0.25) is 10.0 Å². The third-order valence-corrected chi connectivity index (χ3v) is 9.75. The number of β-amino-alcohol motifs (C(OH)–C–C–N with tert-alkyl or cyclic N) is 1. The molecule has 4 N–H and O–H groups in total. The minimum atomic E-state index is -3.69. The molecule has 0 radical (unpaired) electrons. The number of sulfonamides is 1. The van der Waals surface area contributed by atoms with E-state index < -0.39 is 15.6 Å². The summed E-state index contributed by atoms with van der Waals surface area (Å²) < 4.78 is 30.8. The van der Waals surface area contributed by atoms with Crippen LogP contribution in [-0.2, 0) is 16.6 Å². The van der Waals surface area contributed by atoms with Gasteiger partial charge in [-0.15, -0.1) is 0 Å². The number of hydrogen-bond acceptors (Lipinski definition) is 9. The minimum absolute atomic E-state index is 0.0600. The smallest absolute Gasteiger partial charge is 0.240 e. The van der Waals surface area contributed by atoms with Gasteiger partial charge >= 0.3 is 0 Å². The lowest BCUT2D eigenvalue weighted by molar-refractivity contribution is 0.0591. The van der Waals surface area contributed by atoms with E-state index in [1.165, 1.54) is 0 Å². The van der Waals surface area contributed by atoms with Crippen LogP contribution in [0.4, 0.5) is 11.5 Å². The van der Waals surface area contributed by atoms with E-state index in [4.69, 9.17) is 4.98 Å². The number of aromatic nitrogens is 4. The van der Waals surface area contributed by atoms with Crippen LogP contribution in [0.5, 0.6) is 0 Å². The number of aliphatic hydroxyl groups is 2. The van der Waals surface area contributed by atoms with Gasteiger partial charge in [-0.25, -0.2) is 18.1 Å². The third kappa shape index (κ3) is 6.85. The molecule has 236 valence electrons. The highest BCUT2D eigenvalue weighted by atomic mass is 32.2. The second-order valence-corrected chi connectivity index (χ2v) is 14.1. The molecule has 5 aromatic rings. The first-order valence-electron chi connectivity index (χ1n) is 15.2. The summed E-state index contributed by atoms with van der Waals surface area (Å²) in [5, 5.41) is 30.2. The van der Waals surface area contributed by atoms with Crippen LogP contribution < -0.4 is 10.0 Å². The van der Waals surface area contributed by atoms with E-state index in [0.717, 1.165) is 57.9 Å². The van der Waals surface area contributed by atoms with E-state index in [2.05, 4.69) is 31.9 Å². The molecule has 1 unspecified atom stereocenters. The van der Waals surface area contributed by atoms with Crippen LogP contribution in [0.1, 0.15) is 32.3 Å². The Balaban J connectivity index is 1.23. The van der Waals surface area contributed by atoms with Crippen LogP contribution in [0, 0.1) is 6.92 Å². The van der Waals surface area contributed by atoms with Gasteiger partial charge in [0.05, 0.1) is 41.1 Å². The molecule has 0 spiro atoms. The monoisotopic (exact) mass is 629 g/mol. The molecular formula is C33H39N7O4S. The molecule has 0 aliphatic carbocycles. The molecule has 0 saturated carbocycles. The Hall–Kier alpha value is -3.94. The maximum atomic E-state index is 13.1. The fourth-order valence-electron chi connectivity index (χ4n) is 6.04. The quantitative estimate of drug-likeness (QED) is 0.179. The zero-order valence-electron chi connectivity index (χ0n) is 25.7. The molecule has 12 heteroatoms. The van der Waals surface area contributed by atoms with E-state index in [1.807, 2.05) is 35.1 Å². The van der Waals surface area contributed by atoms with Crippen LogP contribution in [0.25, 0.3) is 32.9 Å². The maximum absolute atomic E-state index is 13.1. The molecule has 1 atom stereocenters. The fourth-order valence-corrected chi connectivity index (χ4v) is 7.30. The number of pyridine rings is 2. The number of anilines is 2. The van der Waals surface area contributed by atoms with Gasteiger partial charge in [0.1, 0.15) is 5.82 Å². The Morgan fingerprint density at radius 3 is 2.60 bits per heavy atom. The molecule has 3 aromatic heterocycles. The van der Waals surface area contributed by atoms with Crippen molar-refractivity contribution < 1.29 is 18.6 Å². The van der Waals surface area contributed by atoms with E-state index in [9.17, 15) is 18.6 Å². The second-order valence-electron chi connectivity index (χ2n) is 12.4. The van der Waals surface area contributed by atoms with Crippen LogP contribution in [0.3, 0.4) is 0 Å². The number of rotatable bonds is 10. The number of hydrogen-bond donors (Lipinski definition) is 4. The molecule has 1 saturated heterocycles. The summed E-state index contributed by atoms with van der Waals surface area (Å²) in [6.45, 7) is 8.03. The molecule has 6 rings (SSSR count). The highest BCUT2D eigenvalue weighted by molar-refractivity contribution is 7.89. The van der Waals surface area contributed by atoms with Gasteiger partial charge in [-0.1, -0.05) is 6.07 Å². The van der Waals surface area contributed by atoms with Crippen molar-refractivity contribution in [2.45, 2.75) is 56.7 Å². The van der Waals surface area contributed by atoms with Gasteiger partial charge in [-0.3, -0.25) is 14.6 Å². The van der Waals surface area contributed by atoms with Gasteiger partial charge in [-0.2, -0.15) is 5.10 Å². The Kier molecular flexibility index (Phi) is 8.59. The first kappa shape index (κ1) is 31.1. The number of aryl methyl sites for hydroxylation is 1. The van der Waals surface area contributed by atoms with Crippen molar-refractivity contribution in [2.24, 2.45) is 0 Å². The average molecular weight is 630 g/mol. The third-order valence-electron chi connectivity index (χ3n) is 8.22. The first-order chi connectivity index (χ1) is 21.5. The van der Waals surface area contributed by atoms with Crippen molar-refractivity contribution in [3.63, 3.8) is 0 Å². The Bertz CT molecular complexity index is 1930. The van der Waals surface area contributed by atoms with Crippen molar-refractivity contribution in [1.29, 1.82) is 0 Å². The summed E-state index contributed by atoms with van der Waals surface area (Å²) in [6, 6.07) is 14.4. The molecular weight excluding hydrogens is 590 g/mol. The Morgan fingerprint density at radius 1 is 1.04 bits per heavy atom. The van der Waals surface area contributed by atoms with Crippen molar-refractivity contribution >= 4 is 43.2 Å². The highest BCUT2D eigenvalue weighted by Crippen LogP contribution is 2.34. The molecule has 1 fully saturated rings. The van der Waals surface area contributed by atoms with Gasteiger partial charge < -0.3 is 15.5 Å². The fraction of sp³-hybridized carbons (Fsp3) is 0.364. The molecule has 0 amide bonds. The van der Waals surface area contributed by atoms with E-state index in [0.29, 0.717) is 31.1 Å². The molecule has 1 aliphatic heterocycles. The molecule has 45 heavy (non-hydrogen) atoms. The van der Waals surface area contributed by atoms with Gasteiger partial charge in [0, 0.05) is 58.9 Å².